The summed E-state index contributed by atoms with van der Waals surface area (Å²) in [7, 11) is -2.63. The maximum Gasteiger partial charge on any atom is 0.268 e. The van der Waals surface area contributed by atoms with E-state index in [4.69, 9.17) is 9.47 Å². The first kappa shape index (κ1) is 22.1. The van der Waals surface area contributed by atoms with Crippen LogP contribution >= 0.6 is 0 Å². The maximum atomic E-state index is 13.6. The molecule has 1 atom stereocenters. The number of rotatable bonds is 8. The number of nitrogens with zero attached hydrogens (tertiary/aromatic N) is 1. The third-order valence-corrected chi connectivity index (χ3v) is 6.81. The lowest BCUT2D eigenvalue weighted by Crippen LogP contribution is -2.43. The van der Waals surface area contributed by atoms with Gasteiger partial charge in [0.2, 0.25) is 5.91 Å². The SMILES string of the molecule is COc1ccc(C)cc1S(=O)(=O)N(CC(=O)NC[C@H]1CCCO1)c1cccc(C)c1. The van der Waals surface area contributed by atoms with Gasteiger partial charge in [-0.25, -0.2) is 8.42 Å². The van der Waals surface area contributed by atoms with Gasteiger partial charge in [0, 0.05) is 13.2 Å². The molecule has 1 N–H and O–H groups in total. The van der Waals surface area contributed by atoms with Crippen LogP contribution in [0.2, 0.25) is 0 Å². The Bertz CT molecular complexity index is 1000. The molecule has 30 heavy (non-hydrogen) atoms. The maximum absolute atomic E-state index is 13.6. The second-order valence-electron chi connectivity index (χ2n) is 7.44. The van der Waals surface area contributed by atoms with E-state index >= 15 is 0 Å². The summed E-state index contributed by atoms with van der Waals surface area (Å²) in [5, 5.41) is 2.80. The van der Waals surface area contributed by atoms with Crippen LogP contribution < -0.4 is 14.4 Å². The molecule has 0 unspecified atom stereocenters. The molecular weight excluding hydrogens is 404 g/mol. The van der Waals surface area contributed by atoms with Gasteiger partial charge in [0.25, 0.3) is 10.0 Å². The number of benzene rings is 2. The van der Waals surface area contributed by atoms with E-state index in [2.05, 4.69) is 5.32 Å². The Kier molecular flexibility index (Phi) is 6.99. The fourth-order valence-corrected chi connectivity index (χ4v) is 5.08. The molecule has 2 aromatic carbocycles. The lowest BCUT2D eigenvalue weighted by atomic mass is 10.2. The molecule has 1 fully saturated rings. The highest BCUT2D eigenvalue weighted by Gasteiger charge is 2.30. The van der Waals surface area contributed by atoms with Crippen molar-refractivity contribution in [3.8, 4) is 5.75 Å². The predicted octanol–water partition coefficient (Wildman–Crippen LogP) is 2.80. The van der Waals surface area contributed by atoms with Gasteiger partial charge in [0.1, 0.15) is 17.2 Å². The van der Waals surface area contributed by atoms with Crippen LogP contribution in [0.4, 0.5) is 5.69 Å². The van der Waals surface area contributed by atoms with Gasteiger partial charge in [-0.2, -0.15) is 0 Å². The lowest BCUT2D eigenvalue weighted by molar-refractivity contribution is -0.120. The standard InChI is InChI=1S/C22H28N2O5S/c1-16-6-4-7-18(12-16)24(15-22(25)23-14-19-8-5-11-29-19)30(26,27)21-13-17(2)9-10-20(21)28-3/h4,6-7,9-10,12-13,19H,5,8,11,14-15H2,1-3H3,(H,23,25)/t19-/m1/s1. The van der Waals surface area contributed by atoms with Gasteiger partial charge in [0.15, 0.2) is 0 Å². The van der Waals surface area contributed by atoms with Crippen LogP contribution in [0.1, 0.15) is 24.0 Å². The minimum absolute atomic E-state index is 0.0187. The van der Waals surface area contributed by atoms with Crippen molar-refractivity contribution in [2.45, 2.75) is 37.7 Å². The number of carbonyl (C=O) groups is 1. The number of amides is 1. The Morgan fingerprint density at radius 1 is 1.20 bits per heavy atom. The van der Waals surface area contributed by atoms with Crippen molar-refractivity contribution in [3.05, 3.63) is 53.6 Å². The third kappa shape index (κ3) is 5.12. The summed E-state index contributed by atoms with van der Waals surface area (Å²) in [6.45, 7) is 4.41. The fraction of sp³-hybridized carbons (Fsp3) is 0.409. The van der Waals surface area contributed by atoms with E-state index in [0.717, 1.165) is 28.3 Å². The van der Waals surface area contributed by atoms with E-state index in [-0.39, 0.29) is 29.2 Å². The van der Waals surface area contributed by atoms with E-state index in [1.54, 1.807) is 36.4 Å². The molecule has 1 aliphatic heterocycles. The first-order chi connectivity index (χ1) is 14.3. The molecule has 0 radical (unpaired) electrons. The number of carbonyl (C=O) groups excluding carboxylic acids is 1. The Labute approximate surface area is 178 Å². The first-order valence-electron chi connectivity index (χ1n) is 9.93. The molecule has 0 saturated carbocycles. The van der Waals surface area contributed by atoms with Crippen molar-refractivity contribution in [2.75, 3.05) is 31.1 Å². The van der Waals surface area contributed by atoms with E-state index in [1.807, 2.05) is 19.9 Å². The zero-order valence-corrected chi connectivity index (χ0v) is 18.4. The molecule has 1 aliphatic rings. The normalized spacial score (nSPS) is 16.3. The molecule has 0 aliphatic carbocycles. The van der Waals surface area contributed by atoms with Crippen molar-refractivity contribution in [2.24, 2.45) is 0 Å². The summed E-state index contributed by atoms with van der Waals surface area (Å²) in [5.41, 5.74) is 2.09. The third-order valence-electron chi connectivity index (χ3n) is 5.01. The Balaban J connectivity index is 1.93. The smallest absolute Gasteiger partial charge is 0.268 e. The van der Waals surface area contributed by atoms with Gasteiger partial charge >= 0.3 is 0 Å². The molecule has 1 heterocycles. The van der Waals surface area contributed by atoms with E-state index in [9.17, 15) is 13.2 Å². The van der Waals surface area contributed by atoms with Crippen molar-refractivity contribution in [1.29, 1.82) is 0 Å². The number of ether oxygens (including phenoxy) is 2. The number of aryl methyl sites for hydroxylation is 2. The van der Waals surface area contributed by atoms with E-state index < -0.39 is 10.0 Å². The van der Waals surface area contributed by atoms with Crippen LogP contribution in [0.5, 0.6) is 5.75 Å². The van der Waals surface area contributed by atoms with Crippen molar-refractivity contribution >= 4 is 21.6 Å². The molecule has 162 valence electrons. The molecule has 2 aromatic rings. The average Bonchev–Trinajstić information content (AvgIpc) is 3.24. The molecule has 3 rings (SSSR count). The Hall–Kier alpha value is -2.58. The number of nitrogens with one attached hydrogen (secondary N) is 1. The topological polar surface area (TPSA) is 84.9 Å². The second kappa shape index (κ2) is 9.49. The van der Waals surface area contributed by atoms with Crippen molar-refractivity contribution in [1.82, 2.24) is 5.32 Å². The lowest BCUT2D eigenvalue weighted by Gasteiger charge is -2.25. The van der Waals surface area contributed by atoms with Gasteiger partial charge < -0.3 is 14.8 Å². The zero-order valence-electron chi connectivity index (χ0n) is 17.6. The average molecular weight is 433 g/mol. The van der Waals surface area contributed by atoms with E-state index in [0.29, 0.717) is 18.8 Å². The number of hydrogen-bond acceptors (Lipinski definition) is 5. The van der Waals surface area contributed by atoms with Crippen molar-refractivity contribution < 1.29 is 22.7 Å². The molecule has 1 saturated heterocycles. The number of methoxy groups -OCH3 is 1. The summed E-state index contributed by atoms with van der Waals surface area (Å²) in [5.74, 6) is -0.153. The van der Waals surface area contributed by atoms with Crippen LogP contribution in [0.15, 0.2) is 47.4 Å². The molecule has 7 nitrogen and oxygen atoms in total. The molecule has 0 spiro atoms. The summed E-state index contributed by atoms with van der Waals surface area (Å²) in [4.78, 5) is 12.7. The van der Waals surface area contributed by atoms with Crippen LogP contribution in [0.25, 0.3) is 0 Å². The summed E-state index contributed by atoms with van der Waals surface area (Å²) < 4.78 is 39.2. The van der Waals surface area contributed by atoms with Gasteiger partial charge in [-0.05, 0) is 62.1 Å². The summed E-state index contributed by atoms with van der Waals surface area (Å²) in [6.07, 6.45) is 1.84. The second-order valence-corrected chi connectivity index (χ2v) is 9.27. The van der Waals surface area contributed by atoms with Crippen molar-refractivity contribution in [3.63, 3.8) is 0 Å². The van der Waals surface area contributed by atoms with Crippen LogP contribution in [-0.2, 0) is 19.6 Å². The number of sulfonamides is 1. The predicted molar refractivity (Wildman–Crippen MR) is 115 cm³/mol. The van der Waals surface area contributed by atoms with Crippen LogP contribution in [0, 0.1) is 13.8 Å². The molecule has 0 aromatic heterocycles. The Morgan fingerprint density at radius 2 is 1.97 bits per heavy atom. The van der Waals surface area contributed by atoms with Gasteiger partial charge in [-0.15, -0.1) is 0 Å². The molecule has 1 amide bonds. The highest BCUT2D eigenvalue weighted by atomic mass is 32.2. The summed E-state index contributed by atoms with van der Waals surface area (Å²) >= 11 is 0. The largest absolute Gasteiger partial charge is 0.495 e. The number of anilines is 1. The monoisotopic (exact) mass is 432 g/mol. The van der Waals surface area contributed by atoms with Gasteiger partial charge in [-0.1, -0.05) is 18.2 Å². The summed E-state index contributed by atoms with van der Waals surface area (Å²) in [6, 6.07) is 12.0. The van der Waals surface area contributed by atoms with Gasteiger partial charge in [0.05, 0.1) is 18.9 Å². The van der Waals surface area contributed by atoms with Gasteiger partial charge in [-0.3, -0.25) is 9.10 Å². The minimum atomic E-state index is -4.05. The quantitative estimate of drug-likeness (QED) is 0.693. The molecule has 0 bridgehead atoms. The fourth-order valence-electron chi connectivity index (χ4n) is 3.42. The minimum Gasteiger partial charge on any atom is -0.495 e. The van der Waals surface area contributed by atoms with Crippen LogP contribution in [-0.4, -0.2) is 47.2 Å². The molecular formula is C22H28N2O5S. The highest BCUT2D eigenvalue weighted by Crippen LogP contribution is 2.31. The first-order valence-corrected chi connectivity index (χ1v) is 11.4. The zero-order chi connectivity index (χ0) is 21.7. The Morgan fingerprint density at radius 3 is 2.63 bits per heavy atom. The number of hydrogen-bond donors (Lipinski definition) is 1. The van der Waals surface area contributed by atoms with E-state index in [1.165, 1.54) is 7.11 Å². The highest BCUT2D eigenvalue weighted by molar-refractivity contribution is 7.93. The van der Waals surface area contributed by atoms with Crippen LogP contribution in [0.3, 0.4) is 0 Å². The molecule has 8 heteroatoms.